The molecular weight excluding hydrogens is 332 g/mol. The second kappa shape index (κ2) is 5.75. The summed E-state index contributed by atoms with van der Waals surface area (Å²) in [5, 5.41) is 10.7. The number of fused-ring (bicyclic) bond motifs is 1. The Balaban J connectivity index is 1.63. The lowest BCUT2D eigenvalue weighted by molar-refractivity contribution is -0.127. The Morgan fingerprint density at radius 2 is 2.21 bits per heavy atom. The highest BCUT2D eigenvalue weighted by molar-refractivity contribution is 7.13. The van der Waals surface area contributed by atoms with Crippen LogP contribution in [0.1, 0.15) is 18.0 Å². The molecule has 0 bridgehead atoms. The van der Waals surface area contributed by atoms with Crippen LogP contribution in [0.2, 0.25) is 0 Å². The van der Waals surface area contributed by atoms with E-state index in [0.29, 0.717) is 16.6 Å². The molecule has 0 spiro atoms. The van der Waals surface area contributed by atoms with Crippen LogP contribution in [0.4, 0.5) is 5.13 Å². The summed E-state index contributed by atoms with van der Waals surface area (Å²) in [6.45, 7) is 0.180. The molecule has 1 fully saturated rings. The second-order valence-electron chi connectivity index (χ2n) is 5.61. The number of ether oxygens (including phenoxy) is 2. The van der Waals surface area contributed by atoms with Crippen molar-refractivity contribution in [2.45, 2.75) is 12.5 Å². The first kappa shape index (κ1) is 14.9. The molecule has 124 valence electrons. The van der Waals surface area contributed by atoms with Crippen molar-refractivity contribution in [3.8, 4) is 11.5 Å². The molecule has 1 N–H and O–H groups in total. The van der Waals surface area contributed by atoms with Crippen molar-refractivity contribution in [1.29, 1.82) is 0 Å². The van der Waals surface area contributed by atoms with Gasteiger partial charge in [0.1, 0.15) is 5.51 Å². The lowest BCUT2D eigenvalue weighted by atomic mass is 9.92. The SMILES string of the molecule is CN1C(=O)C[C@@H](C(=O)Nc2nncs2)[C@H]1c1ccc2c(c1)OCO2. The number of hydrogen-bond donors (Lipinski definition) is 1. The predicted octanol–water partition coefficient (Wildman–Crippen LogP) is 1.42. The van der Waals surface area contributed by atoms with Gasteiger partial charge in [-0.15, -0.1) is 10.2 Å². The van der Waals surface area contributed by atoms with Gasteiger partial charge in [0.15, 0.2) is 11.5 Å². The maximum absolute atomic E-state index is 12.6. The third-order valence-electron chi connectivity index (χ3n) is 4.25. The molecule has 0 aliphatic carbocycles. The van der Waals surface area contributed by atoms with E-state index in [1.54, 1.807) is 18.0 Å². The Hall–Kier alpha value is -2.68. The van der Waals surface area contributed by atoms with Gasteiger partial charge in [-0.1, -0.05) is 17.4 Å². The number of benzene rings is 1. The van der Waals surface area contributed by atoms with Crippen LogP contribution in [0, 0.1) is 5.92 Å². The van der Waals surface area contributed by atoms with Gasteiger partial charge < -0.3 is 19.7 Å². The predicted molar refractivity (Wildman–Crippen MR) is 84.7 cm³/mol. The topological polar surface area (TPSA) is 93.7 Å². The molecule has 24 heavy (non-hydrogen) atoms. The van der Waals surface area contributed by atoms with Crippen molar-refractivity contribution in [2.75, 3.05) is 19.2 Å². The van der Waals surface area contributed by atoms with Gasteiger partial charge in [-0.25, -0.2) is 0 Å². The number of amides is 2. The molecule has 8 nitrogen and oxygen atoms in total. The number of carbonyl (C=O) groups is 2. The summed E-state index contributed by atoms with van der Waals surface area (Å²) in [4.78, 5) is 26.4. The number of nitrogens with zero attached hydrogens (tertiary/aromatic N) is 3. The van der Waals surface area contributed by atoms with E-state index in [-0.39, 0.29) is 31.1 Å². The summed E-state index contributed by atoms with van der Waals surface area (Å²) in [5.74, 6) is 0.470. The van der Waals surface area contributed by atoms with Crippen LogP contribution in [-0.4, -0.2) is 40.8 Å². The highest BCUT2D eigenvalue weighted by Gasteiger charge is 2.43. The molecule has 1 saturated heterocycles. The number of nitrogens with one attached hydrogen (secondary N) is 1. The highest BCUT2D eigenvalue weighted by Crippen LogP contribution is 2.41. The van der Waals surface area contributed by atoms with Crippen molar-refractivity contribution < 1.29 is 19.1 Å². The molecule has 2 aromatic rings. The van der Waals surface area contributed by atoms with E-state index in [9.17, 15) is 9.59 Å². The fraction of sp³-hybridized carbons (Fsp3) is 0.333. The van der Waals surface area contributed by atoms with Gasteiger partial charge in [0.2, 0.25) is 23.7 Å². The van der Waals surface area contributed by atoms with Crippen molar-refractivity contribution in [3.05, 3.63) is 29.3 Å². The normalized spacial score (nSPS) is 22.0. The number of anilines is 1. The quantitative estimate of drug-likeness (QED) is 0.903. The minimum atomic E-state index is -0.508. The number of rotatable bonds is 3. The van der Waals surface area contributed by atoms with Crippen molar-refractivity contribution in [1.82, 2.24) is 15.1 Å². The zero-order valence-electron chi connectivity index (χ0n) is 12.8. The van der Waals surface area contributed by atoms with Crippen LogP contribution in [-0.2, 0) is 9.59 Å². The number of carbonyl (C=O) groups excluding carboxylic acids is 2. The fourth-order valence-electron chi connectivity index (χ4n) is 3.08. The van der Waals surface area contributed by atoms with Gasteiger partial charge in [-0.05, 0) is 17.7 Å². The zero-order valence-corrected chi connectivity index (χ0v) is 13.6. The number of hydrogen-bond acceptors (Lipinski definition) is 7. The Labute approximate surface area is 141 Å². The Kier molecular flexibility index (Phi) is 3.57. The molecule has 3 heterocycles. The molecule has 0 saturated carbocycles. The molecule has 4 rings (SSSR count). The van der Waals surface area contributed by atoms with Crippen molar-refractivity contribution in [2.24, 2.45) is 5.92 Å². The molecule has 1 aromatic carbocycles. The molecular formula is C15H14N4O4S. The van der Waals surface area contributed by atoms with Crippen molar-refractivity contribution >= 4 is 28.3 Å². The van der Waals surface area contributed by atoms with E-state index >= 15 is 0 Å². The third kappa shape index (κ3) is 2.46. The van der Waals surface area contributed by atoms with Gasteiger partial charge in [0.05, 0.1) is 12.0 Å². The van der Waals surface area contributed by atoms with E-state index in [1.165, 1.54) is 16.8 Å². The average molecular weight is 346 g/mol. The lowest BCUT2D eigenvalue weighted by Gasteiger charge is -2.24. The largest absolute Gasteiger partial charge is 0.454 e. The maximum Gasteiger partial charge on any atom is 0.232 e. The first-order chi connectivity index (χ1) is 11.6. The monoisotopic (exact) mass is 346 g/mol. The lowest BCUT2D eigenvalue weighted by Crippen LogP contribution is -2.30. The van der Waals surface area contributed by atoms with E-state index < -0.39 is 5.92 Å². The second-order valence-corrected chi connectivity index (χ2v) is 6.44. The Bertz CT molecular complexity index is 795. The molecule has 1 aromatic heterocycles. The van der Waals surface area contributed by atoms with E-state index in [0.717, 1.165) is 5.56 Å². The van der Waals surface area contributed by atoms with E-state index in [4.69, 9.17) is 9.47 Å². The average Bonchev–Trinajstić information content (AvgIpc) is 3.28. The van der Waals surface area contributed by atoms with E-state index in [1.807, 2.05) is 12.1 Å². The Morgan fingerprint density at radius 1 is 1.38 bits per heavy atom. The molecule has 0 radical (unpaired) electrons. The molecule has 2 aliphatic rings. The standard InChI is InChI=1S/C15H14N4O4S/c1-19-12(20)5-9(14(21)17-15-18-16-6-24-15)13(19)8-2-3-10-11(4-8)23-7-22-10/h2-4,6,9,13H,5,7H2,1H3,(H,17,18,21)/t9-,13-/m1/s1. The first-order valence-electron chi connectivity index (χ1n) is 7.36. The van der Waals surface area contributed by atoms with Crippen LogP contribution in [0.5, 0.6) is 11.5 Å². The van der Waals surface area contributed by atoms with Crippen LogP contribution in [0.15, 0.2) is 23.7 Å². The Morgan fingerprint density at radius 3 is 3.00 bits per heavy atom. The summed E-state index contributed by atoms with van der Waals surface area (Å²) in [6.07, 6.45) is 0.153. The van der Waals surface area contributed by atoms with Crippen LogP contribution in [0.3, 0.4) is 0 Å². The summed E-state index contributed by atoms with van der Waals surface area (Å²) < 4.78 is 10.7. The molecule has 2 amide bonds. The van der Waals surface area contributed by atoms with Crippen molar-refractivity contribution in [3.63, 3.8) is 0 Å². The van der Waals surface area contributed by atoms with Gasteiger partial charge >= 0.3 is 0 Å². The molecule has 2 atom stereocenters. The first-order valence-corrected chi connectivity index (χ1v) is 8.23. The van der Waals surface area contributed by atoms with E-state index in [2.05, 4.69) is 15.5 Å². The number of likely N-dealkylation sites (tertiary alicyclic amines) is 1. The molecule has 0 unspecified atom stereocenters. The summed E-state index contributed by atoms with van der Waals surface area (Å²) >= 11 is 1.24. The number of aromatic nitrogens is 2. The summed E-state index contributed by atoms with van der Waals surface area (Å²) in [7, 11) is 1.70. The third-order valence-corrected chi connectivity index (χ3v) is 4.86. The van der Waals surface area contributed by atoms with Crippen LogP contribution < -0.4 is 14.8 Å². The van der Waals surface area contributed by atoms with Gasteiger partial charge in [-0.2, -0.15) is 0 Å². The van der Waals surface area contributed by atoms with Gasteiger partial charge in [0, 0.05) is 13.5 Å². The molecule has 2 aliphatic heterocycles. The van der Waals surface area contributed by atoms with Gasteiger partial charge in [0.25, 0.3) is 0 Å². The minimum Gasteiger partial charge on any atom is -0.454 e. The van der Waals surface area contributed by atoms with Gasteiger partial charge in [-0.3, -0.25) is 9.59 Å². The summed E-state index contributed by atoms with van der Waals surface area (Å²) in [5.41, 5.74) is 2.38. The fourth-order valence-corrected chi connectivity index (χ4v) is 3.53. The van der Waals surface area contributed by atoms with Crippen LogP contribution >= 0.6 is 11.3 Å². The maximum atomic E-state index is 12.6. The minimum absolute atomic E-state index is 0.0740. The smallest absolute Gasteiger partial charge is 0.232 e. The molecule has 9 heteroatoms. The van der Waals surface area contributed by atoms with Crippen LogP contribution in [0.25, 0.3) is 0 Å². The highest BCUT2D eigenvalue weighted by atomic mass is 32.1. The zero-order chi connectivity index (χ0) is 16.7. The summed E-state index contributed by atoms with van der Waals surface area (Å²) in [6, 6.07) is 5.12.